The van der Waals surface area contributed by atoms with Crippen LogP contribution in [0.5, 0.6) is 0 Å². The van der Waals surface area contributed by atoms with Crippen LogP contribution in [0.1, 0.15) is 41.4 Å². The molecule has 10 heteroatoms. The van der Waals surface area contributed by atoms with Crippen molar-refractivity contribution in [3.63, 3.8) is 0 Å². The number of esters is 4. The Bertz CT molecular complexity index is 1570. The van der Waals surface area contributed by atoms with Gasteiger partial charge in [0, 0.05) is 0 Å². The normalized spacial score (nSPS) is 21.0. The highest BCUT2D eigenvalue weighted by molar-refractivity contribution is 8.00. The fraction of sp³-hybridized carbons (Fsp3) is 0.176. The number of carbonyl (C=O) groups is 4. The van der Waals surface area contributed by atoms with Gasteiger partial charge in [0.25, 0.3) is 0 Å². The van der Waals surface area contributed by atoms with Gasteiger partial charge in [0.15, 0.2) is 18.3 Å². The molecule has 0 aliphatic carbocycles. The molecule has 1 fully saturated rings. The van der Waals surface area contributed by atoms with Crippen molar-refractivity contribution in [3.8, 4) is 0 Å². The zero-order valence-electron chi connectivity index (χ0n) is 23.3. The summed E-state index contributed by atoms with van der Waals surface area (Å²) in [4.78, 5) is 52.5. The lowest BCUT2D eigenvalue weighted by Gasteiger charge is -2.42. The van der Waals surface area contributed by atoms with Crippen LogP contribution in [-0.2, 0) is 18.9 Å². The van der Waals surface area contributed by atoms with Gasteiger partial charge in [-0.1, -0.05) is 72.8 Å². The molecule has 1 aliphatic rings. The van der Waals surface area contributed by atoms with E-state index in [-0.39, 0.29) is 23.3 Å². The zero-order valence-corrected chi connectivity index (χ0v) is 24.1. The first-order chi connectivity index (χ1) is 21.4. The molecule has 1 unspecified atom stereocenters. The molecule has 0 spiro atoms. The number of benzene rings is 4. The molecule has 0 bridgehead atoms. The second kappa shape index (κ2) is 14.5. The average molecular weight is 613 g/mol. The van der Waals surface area contributed by atoms with E-state index in [1.54, 1.807) is 97.1 Å². The minimum Gasteiger partial charge on any atom is -0.461 e. The Balaban J connectivity index is 1.48. The third-order valence-corrected chi connectivity index (χ3v) is 8.06. The van der Waals surface area contributed by atoms with Crippen LogP contribution >= 0.6 is 11.8 Å². The summed E-state index contributed by atoms with van der Waals surface area (Å²) in [5, 5.41) is 10.3. The molecule has 224 valence electrons. The number of ether oxygens (including phenoxy) is 4. The molecule has 9 nitrogen and oxygen atoms in total. The Morgan fingerprint density at radius 2 is 0.841 bits per heavy atom. The van der Waals surface area contributed by atoms with Gasteiger partial charge in [-0.25, -0.2) is 19.2 Å². The van der Waals surface area contributed by atoms with Crippen molar-refractivity contribution in [2.75, 3.05) is 6.61 Å². The lowest BCUT2D eigenvalue weighted by molar-refractivity contribution is -0.114. The first-order valence-electron chi connectivity index (χ1n) is 13.7. The lowest BCUT2D eigenvalue weighted by atomic mass is 10.0. The van der Waals surface area contributed by atoms with E-state index < -0.39 is 52.9 Å². The summed E-state index contributed by atoms with van der Waals surface area (Å²) in [5.74, 6) is -2.96. The SMILES string of the molecule is O=C(OC[C@H]1SC(O)[C@@H](OC(=O)c2ccccc2)[C@@H](OC(=O)c2ccccc2)[C@@H]1OC(=O)c1ccccc1)c1ccccc1. The summed E-state index contributed by atoms with van der Waals surface area (Å²) in [6, 6.07) is 32.6. The number of carbonyl (C=O) groups excluding carboxylic acids is 4. The Kier molecular flexibility index (Phi) is 10.1. The largest absolute Gasteiger partial charge is 0.461 e. The van der Waals surface area contributed by atoms with Gasteiger partial charge in [0.05, 0.1) is 27.5 Å². The quantitative estimate of drug-likeness (QED) is 0.205. The maximum absolute atomic E-state index is 13.3. The molecule has 0 amide bonds. The first-order valence-corrected chi connectivity index (χ1v) is 14.7. The van der Waals surface area contributed by atoms with Crippen molar-refractivity contribution in [2.24, 2.45) is 0 Å². The van der Waals surface area contributed by atoms with Crippen LogP contribution in [0, 0.1) is 0 Å². The van der Waals surface area contributed by atoms with Gasteiger partial charge in [0.2, 0.25) is 0 Å². The number of hydrogen-bond acceptors (Lipinski definition) is 10. The van der Waals surface area contributed by atoms with Crippen molar-refractivity contribution in [2.45, 2.75) is 29.0 Å². The highest BCUT2D eigenvalue weighted by Gasteiger charge is 2.52. The molecule has 0 saturated carbocycles. The van der Waals surface area contributed by atoms with Gasteiger partial charge in [-0.15, -0.1) is 11.8 Å². The molecule has 0 radical (unpaired) electrons. The molecule has 1 N–H and O–H groups in total. The Morgan fingerprint density at radius 1 is 0.500 bits per heavy atom. The molecule has 4 aromatic rings. The van der Waals surface area contributed by atoms with Crippen molar-refractivity contribution in [1.29, 1.82) is 0 Å². The van der Waals surface area contributed by atoms with E-state index in [0.29, 0.717) is 5.56 Å². The summed E-state index contributed by atoms with van der Waals surface area (Å²) >= 11 is 0.873. The maximum Gasteiger partial charge on any atom is 0.338 e. The monoisotopic (exact) mass is 612 g/mol. The van der Waals surface area contributed by atoms with Crippen LogP contribution in [0.4, 0.5) is 0 Å². The van der Waals surface area contributed by atoms with Gasteiger partial charge in [-0.2, -0.15) is 0 Å². The predicted molar refractivity (Wildman–Crippen MR) is 161 cm³/mol. The first kappa shape index (κ1) is 30.5. The van der Waals surface area contributed by atoms with Crippen molar-refractivity contribution in [1.82, 2.24) is 0 Å². The van der Waals surface area contributed by atoms with Crippen LogP contribution in [-0.4, -0.2) is 64.6 Å². The smallest absolute Gasteiger partial charge is 0.338 e. The van der Waals surface area contributed by atoms with Gasteiger partial charge in [0.1, 0.15) is 12.0 Å². The molecule has 1 saturated heterocycles. The number of aliphatic hydroxyl groups excluding tert-OH is 1. The van der Waals surface area contributed by atoms with Gasteiger partial charge >= 0.3 is 23.9 Å². The van der Waals surface area contributed by atoms with Crippen LogP contribution < -0.4 is 0 Å². The van der Waals surface area contributed by atoms with Gasteiger partial charge in [-0.3, -0.25) is 0 Å². The fourth-order valence-corrected chi connectivity index (χ4v) is 5.78. The molecule has 4 aromatic carbocycles. The second-order valence-corrected chi connectivity index (χ2v) is 11.1. The molecular weight excluding hydrogens is 584 g/mol. The van der Waals surface area contributed by atoms with Crippen molar-refractivity contribution >= 4 is 35.6 Å². The van der Waals surface area contributed by atoms with E-state index in [9.17, 15) is 24.3 Å². The molecule has 0 aromatic heterocycles. The van der Waals surface area contributed by atoms with E-state index >= 15 is 0 Å². The lowest BCUT2D eigenvalue weighted by Crippen LogP contribution is -2.59. The van der Waals surface area contributed by atoms with Gasteiger partial charge in [-0.05, 0) is 48.5 Å². The third kappa shape index (κ3) is 7.52. The second-order valence-electron chi connectivity index (χ2n) is 9.74. The van der Waals surface area contributed by atoms with Crippen LogP contribution in [0.25, 0.3) is 0 Å². The Morgan fingerprint density at radius 3 is 1.25 bits per heavy atom. The molecule has 5 atom stereocenters. The highest BCUT2D eigenvalue weighted by Crippen LogP contribution is 2.38. The predicted octanol–water partition coefficient (Wildman–Crippen LogP) is 4.95. The van der Waals surface area contributed by atoms with E-state index in [1.165, 1.54) is 24.3 Å². The average Bonchev–Trinajstić information content (AvgIpc) is 3.07. The minimum atomic E-state index is -1.47. The van der Waals surface area contributed by atoms with Gasteiger partial charge < -0.3 is 24.1 Å². The van der Waals surface area contributed by atoms with Crippen molar-refractivity contribution < 1.29 is 43.2 Å². The van der Waals surface area contributed by atoms with E-state index in [2.05, 4.69) is 0 Å². The standard InChI is InChI=1S/C34H28O9S/c35-30(22-13-5-1-6-14-22)40-21-26-27(41-31(36)23-15-7-2-8-16-23)28(42-32(37)24-17-9-3-10-18-24)29(34(39)44-26)43-33(38)25-19-11-4-12-20-25/h1-20,26-29,34,39H,21H2/t26-,27-,28+,29+,34?/m1/s1. The topological polar surface area (TPSA) is 125 Å². The third-order valence-electron chi connectivity index (χ3n) is 6.76. The summed E-state index contributed by atoms with van der Waals surface area (Å²) in [5.41, 5.74) is -0.533. The highest BCUT2D eigenvalue weighted by atomic mass is 32.2. The molecule has 44 heavy (non-hydrogen) atoms. The Hall–Kier alpha value is -4.93. The summed E-state index contributed by atoms with van der Waals surface area (Å²) < 4.78 is 23.0. The van der Waals surface area contributed by atoms with Crippen LogP contribution in [0.15, 0.2) is 121 Å². The number of hydrogen-bond donors (Lipinski definition) is 1. The number of thioether (sulfide) groups is 1. The van der Waals surface area contributed by atoms with E-state index in [1.807, 2.05) is 0 Å². The number of aliphatic hydroxyl groups is 1. The summed E-state index contributed by atoms with van der Waals surface area (Å²) in [7, 11) is 0. The van der Waals surface area contributed by atoms with Crippen LogP contribution in [0.3, 0.4) is 0 Å². The molecule has 1 heterocycles. The zero-order chi connectivity index (χ0) is 30.9. The molecular formula is C34H28O9S. The fourth-order valence-electron chi connectivity index (χ4n) is 4.54. The van der Waals surface area contributed by atoms with E-state index in [0.717, 1.165) is 11.8 Å². The molecule has 1 aliphatic heterocycles. The summed E-state index contributed by atoms with van der Waals surface area (Å²) in [6.07, 6.45) is -4.23. The maximum atomic E-state index is 13.3. The van der Waals surface area contributed by atoms with Crippen LogP contribution in [0.2, 0.25) is 0 Å². The summed E-state index contributed by atoms with van der Waals surface area (Å²) in [6.45, 7) is -0.319. The molecule has 5 rings (SSSR count). The van der Waals surface area contributed by atoms with Crippen molar-refractivity contribution in [3.05, 3.63) is 144 Å². The minimum absolute atomic E-state index is 0.188. The number of rotatable bonds is 9. The Labute approximate surface area is 257 Å². The van der Waals surface area contributed by atoms with E-state index in [4.69, 9.17) is 18.9 Å².